The van der Waals surface area contributed by atoms with Gasteiger partial charge >= 0.3 is 0 Å². The van der Waals surface area contributed by atoms with Crippen molar-refractivity contribution in [3.8, 4) is 11.5 Å². The van der Waals surface area contributed by atoms with Crippen molar-refractivity contribution in [1.82, 2.24) is 4.90 Å². The van der Waals surface area contributed by atoms with Crippen LogP contribution < -0.4 is 14.8 Å². The largest absolute Gasteiger partial charge is 0.493 e. The number of para-hydroxylation sites is 1. The number of amides is 1. The zero-order chi connectivity index (χ0) is 20.8. The summed E-state index contributed by atoms with van der Waals surface area (Å²) in [6, 6.07) is 11.4. The van der Waals surface area contributed by atoms with E-state index < -0.39 is 0 Å². The van der Waals surface area contributed by atoms with Gasteiger partial charge in [0, 0.05) is 24.3 Å². The molecule has 1 aliphatic rings. The van der Waals surface area contributed by atoms with E-state index in [1.165, 1.54) is 0 Å². The maximum Gasteiger partial charge on any atom is 0.262 e. The molecular formula is C21H23IN2O4S. The Morgan fingerprint density at radius 3 is 2.69 bits per heavy atom. The lowest BCUT2D eigenvalue weighted by Crippen LogP contribution is -2.40. The second-order valence-electron chi connectivity index (χ2n) is 6.55. The zero-order valence-electron chi connectivity index (χ0n) is 16.4. The Morgan fingerprint density at radius 2 is 2.00 bits per heavy atom. The number of aryl methyl sites for hydroxylation is 1. The van der Waals surface area contributed by atoms with Gasteiger partial charge in [0.05, 0.1) is 23.9 Å². The van der Waals surface area contributed by atoms with E-state index in [4.69, 9.17) is 26.4 Å². The van der Waals surface area contributed by atoms with E-state index in [-0.39, 0.29) is 12.5 Å². The highest BCUT2D eigenvalue weighted by atomic mass is 127. The van der Waals surface area contributed by atoms with Crippen LogP contribution in [0.3, 0.4) is 0 Å². The molecule has 1 saturated heterocycles. The SMILES string of the molecule is COc1cc(C(=S)N2CCOCC2)cc(I)c1OCC(=O)Nc1ccccc1C. The summed E-state index contributed by atoms with van der Waals surface area (Å²) in [5, 5.41) is 2.86. The number of halogens is 1. The Bertz CT molecular complexity index is 900. The number of anilines is 1. The van der Waals surface area contributed by atoms with Crippen LogP contribution in [0.2, 0.25) is 0 Å². The van der Waals surface area contributed by atoms with Gasteiger partial charge in [-0.3, -0.25) is 4.79 Å². The summed E-state index contributed by atoms with van der Waals surface area (Å²) in [7, 11) is 1.58. The van der Waals surface area contributed by atoms with Gasteiger partial charge in [0.25, 0.3) is 5.91 Å². The van der Waals surface area contributed by atoms with Gasteiger partial charge in [0.1, 0.15) is 4.99 Å². The van der Waals surface area contributed by atoms with Gasteiger partial charge in [0.2, 0.25) is 0 Å². The van der Waals surface area contributed by atoms with Crippen molar-refractivity contribution >= 4 is 51.4 Å². The van der Waals surface area contributed by atoms with E-state index in [1.54, 1.807) is 7.11 Å². The topological polar surface area (TPSA) is 60.0 Å². The van der Waals surface area contributed by atoms with Crippen molar-refractivity contribution in [3.63, 3.8) is 0 Å². The molecular weight excluding hydrogens is 503 g/mol. The Hall–Kier alpha value is -1.91. The second-order valence-corrected chi connectivity index (χ2v) is 8.09. The first kappa shape index (κ1) is 21.8. The number of ether oxygens (including phenoxy) is 3. The molecule has 2 aromatic rings. The minimum absolute atomic E-state index is 0.117. The van der Waals surface area contributed by atoms with Crippen LogP contribution in [0.1, 0.15) is 11.1 Å². The van der Waals surface area contributed by atoms with Gasteiger partial charge in [-0.2, -0.15) is 0 Å². The van der Waals surface area contributed by atoms with E-state index >= 15 is 0 Å². The molecule has 1 amide bonds. The zero-order valence-corrected chi connectivity index (χ0v) is 19.3. The molecule has 1 fully saturated rings. The maximum absolute atomic E-state index is 12.3. The first-order valence-electron chi connectivity index (χ1n) is 9.22. The number of methoxy groups -OCH3 is 1. The van der Waals surface area contributed by atoms with Crippen LogP contribution in [0.15, 0.2) is 36.4 Å². The minimum Gasteiger partial charge on any atom is -0.493 e. The lowest BCUT2D eigenvalue weighted by molar-refractivity contribution is -0.118. The van der Waals surface area contributed by atoms with Crippen molar-refractivity contribution in [3.05, 3.63) is 51.1 Å². The summed E-state index contributed by atoms with van der Waals surface area (Å²) in [5.74, 6) is 0.845. The maximum atomic E-state index is 12.3. The molecule has 0 unspecified atom stereocenters. The molecule has 0 atom stereocenters. The number of carbonyl (C=O) groups is 1. The Morgan fingerprint density at radius 1 is 1.28 bits per heavy atom. The number of thiocarbonyl (C=S) groups is 1. The smallest absolute Gasteiger partial charge is 0.262 e. The van der Waals surface area contributed by atoms with E-state index in [1.807, 2.05) is 43.3 Å². The highest BCUT2D eigenvalue weighted by molar-refractivity contribution is 14.1. The Kier molecular flexibility index (Phi) is 7.68. The number of rotatable bonds is 6. The summed E-state index contributed by atoms with van der Waals surface area (Å²) < 4.78 is 17.5. The molecule has 6 nitrogen and oxygen atoms in total. The lowest BCUT2D eigenvalue weighted by Gasteiger charge is -2.29. The fourth-order valence-corrected chi connectivity index (χ4v) is 4.03. The van der Waals surface area contributed by atoms with E-state index in [0.717, 1.165) is 38.5 Å². The number of nitrogens with zero attached hydrogens (tertiary/aromatic N) is 1. The van der Waals surface area contributed by atoms with E-state index in [0.29, 0.717) is 24.7 Å². The number of carbonyl (C=O) groups excluding carboxylic acids is 1. The van der Waals surface area contributed by atoms with Crippen LogP contribution in [-0.2, 0) is 9.53 Å². The van der Waals surface area contributed by atoms with Crippen LogP contribution in [0.4, 0.5) is 5.69 Å². The van der Waals surface area contributed by atoms with Gasteiger partial charge in [-0.25, -0.2) is 0 Å². The van der Waals surface area contributed by atoms with Crippen molar-refractivity contribution in [1.29, 1.82) is 0 Å². The molecule has 0 radical (unpaired) electrons. The second kappa shape index (κ2) is 10.2. The molecule has 2 aromatic carbocycles. The molecule has 8 heteroatoms. The molecule has 0 aliphatic carbocycles. The highest BCUT2D eigenvalue weighted by Gasteiger charge is 2.20. The Balaban J connectivity index is 1.70. The van der Waals surface area contributed by atoms with Gasteiger partial charge in [-0.05, 0) is 53.3 Å². The quantitative estimate of drug-likeness (QED) is 0.459. The number of morpholine rings is 1. The summed E-state index contributed by atoms with van der Waals surface area (Å²) in [5.41, 5.74) is 2.66. The lowest BCUT2D eigenvalue weighted by atomic mass is 10.1. The van der Waals surface area contributed by atoms with Crippen LogP contribution >= 0.6 is 34.8 Å². The van der Waals surface area contributed by atoms with Crippen LogP contribution in [0, 0.1) is 10.5 Å². The molecule has 1 N–H and O–H groups in total. The van der Waals surface area contributed by atoms with Gasteiger partial charge in [-0.15, -0.1) is 0 Å². The number of nitrogens with one attached hydrogen (secondary N) is 1. The number of benzene rings is 2. The van der Waals surface area contributed by atoms with Gasteiger partial charge in [-0.1, -0.05) is 30.4 Å². The van der Waals surface area contributed by atoms with Crippen LogP contribution in [-0.4, -0.2) is 55.8 Å². The van der Waals surface area contributed by atoms with Crippen molar-refractivity contribution in [2.24, 2.45) is 0 Å². The Labute approximate surface area is 189 Å². The molecule has 0 spiro atoms. The average molecular weight is 526 g/mol. The summed E-state index contributed by atoms with van der Waals surface area (Å²) in [6.07, 6.45) is 0. The van der Waals surface area contributed by atoms with Gasteiger partial charge in [0.15, 0.2) is 18.1 Å². The third kappa shape index (κ3) is 5.58. The highest BCUT2D eigenvalue weighted by Crippen LogP contribution is 2.34. The standard InChI is InChI=1S/C21H23IN2O4S/c1-14-5-3-4-6-17(14)23-19(25)13-28-20-16(22)11-15(12-18(20)26-2)21(29)24-7-9-27-10-8-24/h3-6,11-12H,7-10,13H2,1-2H3,(H,23,25). The molecule has 0 aromatic heterocycles. The monoisotopic (exact) mass is 526 g/mol. The average Bonchev–Trinajstić information content (AvgIpc) is 2.74. The molecule has 0 bridgehead atoms. The third-order valence-corrected chi connectivity index (χ3v) is 5.84. The molecule has 29 heavy (non-hydrogen) atoms. The number of hydrogen-bond acceptors (Lipinski definition) is 5. The summed E-state index contributed by atoms with van der Waals surface area (Å²) in [6.45, 7) is 4.72. The molecule has 0 saturated carbocycles. The minimum atomic E-state index is -0.231. The molecule has 1 heterocycles. The molecule has 154 valence electrons. The van der Waals surface area contributed by atoms with E-state index in [2.05, 4.69) is 32.8 Å². The predicted molar refractivity (Wildman–Crippen MR) is 125 cm³/mol. The first-order chi connectivity index (χ1) is 14.0. The first-order valence-corrected chi connectivity index (χ1v) is 10.7. The predicted octanol–water partition coefficient (Wildman–Crippen LogP) is 3.63. The summed E-state index contributed by atoms with van der Waals surface area (Å²) >= 11 is 7.82. The van der Waals surface area contributed by atoms with Crippen LogP contribution in [0.5, 0.6) is 11.5 Å². The van der Waals surface area contributed by atoms with Crippen molar-refractivity contribution < 1.29 is 19.0 Å². The number of hydrogen-bond donors (Lipinski definition) is 1. The third-order valence-electron chi connectivity index (χ3n) is 4.54. The fourth-order valence-electron chi connectivity index (χ4n) is 2.97. The molecule has 1 aliphatic heterocycles. The summed E-state index contributed by atoms with van der Waals surface area (Å²) in [4.78, 5) is 15.2. The van der Waals surface area contributed by atoms with Crippen molar-refractivity contribution in [2.45, 2.75) is 6.92 Å². The normalized spacial score (nSPS) is 13.7. The van der Waals surface area contributed by atoms with E-state index in [9.17, 15) is 4.79 Å². The molecule has 3 rings (SSSR count). The fraction of sp³-hybridized carbons (Fsp3) is 0.333. The van der Waals surface area contributed by atoms with Crippen molar-refractivity contribution in [2.75, 3.05) is 45.3 Å². The van der Waals surface area contributed by atoms with Gasteiger partial charge < -0.3 is 24.4 Å². The van der Waals surface area contributed by atoms with Crippen LogP contribution in [0.25, 0.3) is 0 Å².